The molecule has 0 N–H and O–H groups in total. The Morgan fingerprint density at radius 3 is 2.62 bits per heavy atom. The first-order valence-corrected chi connectivity index (χ1v) is 5.59. The molecule has 0 bridgehead atoms. The van der Waals surface area contributed by atoms with Crippen LogP contribution in [0.3, 0.4) is 0 Å². The quantitative estimate of drug-likeness (QED) is 0.496. The van der Waals surface area contributed by atoms with Gasteiger partial charge in [0, 0.05) is 13.2 Å². The molecule has 16 heavy (non-hydrogen) atoms. The number of Topliss-reactive ketones (excluding diaryl/α,β-unsaturated/α-hetero) is 1. The second-order valence-electron chi connectivity index (χ2n) is 3.64. The van der Waals surface area contributed by atoms with Gasteiger partial charge in [0.25, 0.3) is 0 Å². The molecule has 5 nitrogen and oxygen atoms in total. The minimum Gasteiger partial charge on any atom is -0.466 e. The molecule has 0 unspecified atom stereocenters. The Morgan fingerprint density at radius 2 is 2.00 bits per heavy atom. The van der Waals surface area contributed by atoms with Gasteiger partial charge in [-0.3, -0.25) is 9.59 Å². The van der Waals surface area contributed by atoms with Crippen LogP contribution in [-0.2, 0) is 23.8 Å². The van der Waals surface area contributed by atoms with E-state index in [0.29, 0.717) is 19.8 Å². The van der Waals surface area contributed by atoms with Crippen molar-refractivity contribution >= 4 is 11.8 Å². The molecule has 0 aromatic heterocycles. The standard InChI is InChI=1S/C11H18O5/c1-2-15-11(13)7-9(12)8-16-10-3-5-14-6-4-10/h10H,2-8H2,1H3. The van der Waals surface area contributed by atoms with Gasteiger partial charge in [-0.1, -0.05) is 0 Å². The van der Waals surface area contributed by atoms with Crippen molar-refractivity contribution in [1.82, 2.24) is 0 Å². The maximum atomic E-state index is 11.3. The van der Waals surface area contributed by atoms with Crippen LogP contribution in [0.1, 0.15) is 26.2 Å². The Hall–Kier alpha value is -0.940. The number of hydrogen-bond acceptors (Lipinski definition) is 5. The molecule has 5 heteroatoms. The zero-order valence-electron chi connectivity index (χ0n) is 9.57. The zero-order valence-corrected chi connectivity index (χ0v) is 9.57. The van der Waals surface area contributed by atoms with E-state index in [2.05, 4.69) is 4.74 Å². The summed E-state index contributed by atoms with van der Waals surface area (Å²) in [5.41, 5.74) is 0. The predicted molar refractivity (Wildman–Crippen MR) is 56.1 cm³/mol. The lowest BCUT2D eigenvalue weighted by molar-refractivity contribution is -0.147. The predicted octanol–water partition coefficient (Wildman–Crippen LogP) is 0.704. The highest BCUT2D eigenvalue weighted by atomic mass is 16.5. The first-order valence-electron chi connectivity index (χ1n) is 5.59. The van der Waals surface area contributed by atoms with Crippen molar-refractivity contribution < 1.29 is 23.8 Å². The summed E-state index contributed by atoms with van der Waals surface area (Å²) in [6, 6.07) is 0. The first-order chi connectivity index (χ1) is 7.72. The van der Waals surface area contributed by atoms with Gasteiger partial charge in [-0.15, -0.1) is 0 Å². The minimum absolute atomic E-state index is 0.0104. The van der Waals surface area contributed by atoms with Crippen molar-refractivity contribution in [2.45, 2.75) is 32.3 Å². The van der Waals surface area contributed by atoms with Crippen LogP contribution in [0.4, 0.5) is 0 Å². The van der Waals surface area contributed by atoms with Crippen LogP contribution < -0.4 is 0 Å². The van der Waals surface area contributed by atoms with Crippen molar-refractivity contribution in [2.75, 3.05) is 26.4 Å². The molecule has 0 amide bonds. The lowest BCUT2D eigenvalue weighted by atomic mass is 10.1. The molecule has 0 aromatic carbocycles. The fraction of sp³-hybridized carbons (Fsp3) is 0.818. The largest absolute Gasteiger partial charge is 0.466 e. The number of carbonyl (C=O) groups excluding carboxylic acids is 2. The summed E-state index contributed by atoms with van der Waals surface area (Å²) in [6.07, 6.45) is 1.51. The molecule has 1 aliphatic heterocycles. The van der Waals surface area contributed by atoms with Crippen molar-refractivity contribution in [1.29, 1.82) is 0 Å². The van der Waals surface area contributed by atoms with Crippen molar-refractivity contribution in [3.8, 4) is 0 Å². The second kappa shape index (κ2) is 7.35. The Labute approximate surface area is 95.0 Å². The van der Waals surface area contributed by atoms with E-state index in [1.54, 1.807) is 6.92 Å². The highest BCUT2D eigenvalue weighted by Gasteiger charge is 2.17. The summed E-state index contributed by atoms with van der Waals surface area (Å²) in [5.74, 6) is -0.715. The topological polar surface area (TPSA) is 61.8 Å². The van der Waals surface area contributed by atoms with Gasteiger partial charge in [-0.05, 0) is 19.8 Å². The number of ether oxygens (including phenoxy) is 3. The van der Waals surface area contributed by atoms with Gasteiger partial charge >= 0.3 is 5.97 Å². The Bertz CT molecular complexity index is 233. The molecular weight excluding hydrogens is 212 g/mol. The summed E-state index contributed by atoms with van der Waals surface area (Å²) in [4.78, 5) is 22.3. The molecule has 0 atom stereocenters. The third-order valence-electron chi connectivity index (χ3n) is 2.30. The fourth-order valence-corrected chi connectivity index (χ4v) is 1.48. The minimum atomic E-state index is -0.483. The molecule has 1 saturated heterocycles. The Balaban J connectivity index is 2.11. The van der Waals surface area contributed by atoms with E-state index in [1.807, 2.05) is 0 Å². The van der Waals surface area contributed by atoms with Gasteiger partial charge < -0.3 is 14.2 Å². The molecule has 0 radical (unpaired) electrons. The third kappa shape index (κ3) is 5.23. The third-order valence-corrected chi connectivity index (χ3v) is 2.30. The average Bonchev–Trinajstić information content (AvgIpc) is 2.28. The smallest absolute Gasteiger partial charge is 0.313 e. The van der Waals surface area contributed by atoms with Crippen LogP contribution in [0.5, 0.6) is 0 Å². The number of rotatable bonds is 6. The summed E-state index contributed by atoms with van der Waals surface area (Å²) < 4.78 is 15.2. The van der Waals surface area contributed by atoms with Gasteiger partial charge in [0.1, 0.15) is 13.0 Å². The summed E-state index contributed by atoms with van der Waals surface area (Å²) in [6.45, 7) is 3.35. The average molecular weight is 230 g/mol. The van der Waals surface area contributed by atoms with Crippen LogP contribution >= 0.6 is 0 Å². The van der Waals surface area contributed by atoms with Gasteiger partial charge in [-0.25, -0.2) is 0 Å². The van der Waals surface area contributed by atoms with E-state index in [9.17, 15) is 9.59 Å². The van der Waals surface area contributed by atoms with Crippen LogP contribution in [0.15, 0.2) is 0 Å². The second-order valence-corrected chi connectivity index (χ2v) is 3.64. The van der Waals surface area contributed by atoms with Crippen molar-refractivity contribution in [3.05, 3.63) is 0 Å². The van der Waals surface area contributed by atoms with E-state index in [4.69, 9.17) is 9.47 Å². The lowest BCUT2D eigenvalue weighted by Gasteiger charge is -2.21. The van der Waals surface area contributed by atoms with E-state index in [1.165, 1.54) is 0 Å². The van der Waals surface area contributed by atoms with E-state index < -0.39 is 5.97 Å². The normalized spacial score (nSPS) is 17.1. The number of hydrogen-bond donors (Lipinski definition) is 0. The molecule has 1 fully saturated rings. The van der Waals surface area contributed by atoms with E-state index in [0.717, 1.165) is 12.8 Å². The molecule has 92 valence electrons. The zero-order chi connectivity index (χ0) is 11.8. The van der Waals surface area contributed by atoms with Crippen LogP contribution in [0, 0.1) is 0 Å². The van der Waals surface area contributed by atoms with Crippen LogP contribution in [-0.4, -0.2) is 44.3 Å². The maximum Gasteiger partial charge on any atom is 0.313 e. The molecule has 1 aliphatic rings. The van der Waals surface area contributed by atoms with Gasteiger partial charge in [-0.2, -0.15) is 0 Å². The van der Waals surface area contributed by atoms with Gasteiger partial charge in [0.2, 0.25) is 0 Å². The highest BCUT2D eigenvalue weighted by molar-refractivity contribution is 5.96. The molecule has 0 aliphatic carbocycles. The summed E-state index contributed by atoms with van der Waals surface area (Å²) in [5, 5.41) is 0. The number of carbonyl (C=O) groups is 2. The fourth-order valence-electron chi connectivity index (χ4n) is 1.48. The van der Waals surface area contributed by atoms with Crippen molar-refractivity contribution in [2.24, 2.45) is 0 Å². The first kappa shape index (κ1) is 13.1. The summed E-state index contributed by atoms with van der Waals surface area (Å²) >= 11 is 0. The highest BCUT2D eigenvalue weighted by Crippen LogP contribution is 2.10. The van der Waals surface area contributed by atoms with Crippen LogP contribution in [0.25, 0.3) is 0 Å². The maximum absolute atomic E-state index is 11.3. The Morgan fingerprint density at radius 1 is 1.31 bits per heavy atom. The molecule has 0 aromatic rings. The molecular formula is C11H18O5. The molecule has 1 heterocycles. The van der Waals surface area contributed by atoms with Gasteiger partial charge in [0.15, 0.2) is 5.78 Å². The Kier molecular flexibility index (Phi) is 6.03. The molecule has 1 rings (SSSR count). The monoisotopic (exact) mass is 230 g/mol. The SMILES string of the molecule is CCOC(=O)CC(=O)COC1CCOCC1. The molecule has 0 saturated carbocycles. The van der Waals surface area contributed by atoms with Crippen molar-refractivity contribution in [3.63, 3.8) is 0 Å². The van der Waals surface area contributed by atoms with E-state index >= 15 is 0 Å². The van der Waals surface area contributed by atoms with E-state index in [-0.39, 0.29) is 24.9 Å². The summed E-state index contributed by atoms with van der Waals surface area (Å²) in [7, 11) is 0. The molecule has 0 spiro atoms. The number of esters is 1. The number of ketones is 1. The lowest BCUT2D eigenvalue weighted by Crippen LogP contribution is -2.26. The van der Waals surface area contributed by atoms with Crippen LogP contribution in [0.2, 0.25) is 0 Å². The van der Waals surface area contributed by atoms with Gasteiger partial charge in [0.05, 0.1) is 12.7 Å².